The molecule has 0 atom stereocenters. The van der Waals surface area contributed by atoms with E-state index in [4.69, 9.17) is 4.74 Å². The van der Waals surface area contributed by atoms with Crippen molar-refractivity contribution in [3.63, 3.8) is 0 Å². The molecule has 4 heteroatoms. The zero-order valence-electron chi connectivity index (χ0n) is 12.2. The first-order valence-corrected chi connectivity index (χ1v) is 7.32. The first-order chi connectivity index (χ1) is 9.61. The molecule has 0 aromatic heterocycles. The number of carbonyl (C=O) groups excluding carboxylic acids is 1. The zero-order valence-corrected chi connectivity index (χ0v) is 12.2. The van der Waals surface area contributed by atoms with Crippen LogP contribution >= 0.6 is 0 Å². The largest absolute Gasteiger partial charge is 0.346 e. The van der Waals surface area contributed by atoms with Crippen molar-refractivity contribution < 1.29 is 9.53 Å². The van der Waals surface area contributed by atoms with Gasteiger partial charge in [0.1, 0.15) is 12.3 Å². The molecule has 2 heterocycles. The smallest absolute Gasteiger partial charge is 0.251 e. The summed E-state index contributed by atoms with van der Waals surface area (Å²) in [5.74, 6) is 0.118. The zero-order chi connectivity index (χ0) is 14.2. The Morgan fingerprint density at radius 1 is 1.30 bits per heavy atom. The second kappa shape index (κ2) is 5.19. The highest BCUT2D eigenvalue weighted by Gasteiger charge is 2.47. The monoisotopic (exact) mass is 274 g/mol. The number of rotatable bonds is 2. The van der Waals surface area contributed by atoms with Crippen molar-refractivity contribution in [2.75, 3.05) is 19.7 Å². The summed E-state index contributed by atoms with van der Waals surface area (Å²) in [5.41, 5.74) is 3.32. The van der Waals surface area contributed by atoms with Crippen LogP contribution in [0.1, 0.15) is 29.5 Å². The predicted octanol–water partition coefficient (Wildman–Crippen LogP) is 1.74. The molecule has 0 unspecified atom stereocenters. The number of hydrogen-bond acceptors (Lipinski definition) is 3. The molecule has 1 N–H and O–H groups in total. The van der Waals surface area contributed by atoms with Crippen molar-refractivity contribution in [3.05, 3.63) is 34.9 Å². The van der Waals surface area contributed by atoms with E-state index in [9.17, 15) is 4.79 Å². The molecule has 0 aliphatic carbocycles. The molecule has 2 aliphatic heterocycles. The summed E-state index contributed by atoms with van der Waals surface area (Å²) in [6.45, 7) is 6.90. The average molecular weight is 274 g/mol. The molecule has 2 aliphatic rings. The lowest BCUT2D eigenvalue weighted by Crippen LogP contribution is -2.52. The number of aryl methyl sites for hydroxylation is 2. The van der Waals surface area contributed by atoms with E-state index in [1.54, 1.807) is 0 Å². The molecule has 1 aromatic carbocycles. The number of hydrogen-bond donors (Lipinski definition) is 1. The van der Waals surface area contributed by atoms with Gasteiger partial charge in [-0.1, -0.05) is 23.8 Å². The van der Waals surface area contributed by atoms with Gasteiger partial charge in [-0.3, -0.25) is 4.79 Å². The van der Waals surface area contributed by atoms with Crippen LogP contribution in [-0.4, -0.2) is 36.2 Å². The van der Waals surface area contributed by atoms with Crippen LogP contribution in [0, 0.1) is 13.8 Å². The second-order valence-corrected chi connectivity index (χ2v) is 5.89. The van der Waals surface area contributed by atoms with Crippen molar-refractivity contribution in [1.82, 2.24) is 10.2 Å². The highest BCUT2D eigenvalue weighted by molar-refractivity contribution is 5.80. The molecule has 0 saturated carbocycles. The first-order valence-electron chi connectivity index (χ1n) is 7.32. The van der Waals surface area contributed by atoms with Gasteiger partial charge in [-0.2, -0.15) is 0 Å². The van der Waals surface area contributed by atoms with Gasteiger partial charge in [0.25, 0.3) is 5.91 Å². The van der Waals surface area contributed by atoms with Crippen LogP contribution in [0.5, 0.6) is 0 Å². The minimum absolute atomic E-state index is 0.118. The molecule has 2 saturated heterocycles. The minimum atomic E-state index is -0.376. The Morgan fingerprint density at radius 3 is 2.80 bits per heavy atom. The Kier molecular flexibility index (Phi) is 3.52. The van der Waals surface area contributed by atoms with Crippen LogP contribution in [-0.2, 0) is 16.1 Å². The molecule has 2 fully saturated rings. The Bertz CT molecular complexity index is 521. The first kappa shape index (κ1) is 13.6. The summed E-state index contributed by atoms with van der Waals surface area (Å²) < 4.78 is 5.89. The van der Waals surface area contributed by atoms with Crippen molar-refractivity contribution >= 4 is 5.91 Å². The highest BCUT2D eigenvalue weighted by Crippen LogP contribution is 2.34. The number of nitrogens with one attached hydrogen (secondary N) is 1. The molecule has 0 radical (unpaired) electrons. The highest BCUT2D eigenvalue weighted by atomic mass is 16.5. The summed E-state index contributed by atoms with van der Waals surface area (Å²) in [6, 6.07) is 6.41. The second-order valence-electron chi connectivity index (χ2n) is 5.89. The van der Waals surface area contributed by atoms with Gasteiger partial charge in [0.05, 0.1) is 0 Å². The van der Waals surface area contributed by atoms with E-state index in [2.05, 4.69) is 37.4 Å². The number of nitrogens with zero attached hydrogens (tertiary/aromatic N) is 1. The quantitative estimate of drug-likeness (QED) is 0.893. The van der Waals surface area contributed by atoms with Crippen LogP contribution in [0.3, 0.4) is 0 Å². The molecular weight excluding hydrogens is 252 g/mol. The Hall–Kier alpha value is -1.39. The summed E-state index contributed by atoms with van der Waals surface area (Å²) in [5, 5.41) is 3.34. The molecule has 4 nitrogen and oxygen atoms in total. The van der Waals surface area contributed by atoms with E-state index < -0.39 is 0 Å². The van der Waals surface area contributed by atoms with Gasteiger partial charge in [0, 0.05) is 19.4 Å². The molecule has 20 heavy (non-hydrogen) atoms. The standard InChI is InChI=1S/C16H22N2O2/c1-12-3-4-13(2)14(9-12)10-18-15(19)11-20-16(18)5-7-17-8-6-16/h3-4,9,17H,5-8,10-11H2,1-2H3. The third kappa shape index (κ3) is 2.34. The topological polar surface area (TPSA) is 41.6 Å². The lowest BCUT2D eigenvalue weighted by Gasteiger charge is -2.40. The maximum atomic E-state index is 12.2. The molecule has 1 amide bonds. The maximum absolute atomic E-state index is 12.2. The summed E-state index contributed by atoms with van der Waals surface area (Å²) in [7, 11) is 0. The third-order valence-electron chi connectivity index (χ3n) is 4.48. The van der Waals surface area contributed by atoms with Crippen molar-refractivity contribution in [2.45, 2.75) is 39.0 Å². The fourth-order valence-corrected chi connectivity index (χ4v) is 3.18. The third-order valence-corrected chi connectivity index (χ3v) is 4.48. The van der Waals surface area contributed by atoms with Gasteiger partial charge in [-0.25, -0.2) is 0 Å². The van der Waals surface area contributed by atoms with E-state index in [0.717, 1.165) is 25.9 Å². The Labute approximate surface area is 120 Å². The van der Waals surface area contributed by atoms with Gasteiger partial charge < -0.3 is 15.0 Å². The van der Waals surface area contributed by atoms with E-state index >= 15 is 0 Å². The molecule has 3 rings (SSSR count). The van der Waals surface area contributed by atoms with Crippen LogP contribution < -0.4 is 5.32 Å². The molecular formula is C16H22N2O2. The molecule has 1 aromatic rings. The number of piperidine rings is 1. The van der Waals surface area contributed by atoms with E-state index in [1.807, 2.05) is 4.90 Å². The molecule has 0 bridgehead atoms. The van der Waals surface area contributed by atoms with Gasteiger partial charge in [0.2, 0.25) is 0 Å². The number of ether oxygens (including phenoxy) is 1. The Morgan fingerprint density at radius 2 is 2.05 bits per heavy atom. The lowest BCUT2D eigenvalue weighted by molar-refractivity contribution is -0.138. The minimum Gasteiger partial charge on any atom is -0.346 e. The van der Waals surface area contributed by atoms with E-state index in [1.165, 1.54) is 16.7 Å². The van der Waals surface area contributed by atoms with Gasteiger partial charge in [-0.15, -0.1) is 0 Å². The fraction of sp³-hybridized carbons (Fsp3) is 0.562. The van der Waals surface area contributed by atoms with Crippen LogP contribution in [0.25, 0.3) is 0 Å². The van der Waals surface area contributed by atoms with E-state index in [0.29, 0.717) is 6.54 Å². The molecule has 108 valence electrons. The van der Waals surface area contributed by atoms with Crippen LogP contribution in [0.15, 0.2) is 18.2 Å². The fourth-order valence-electron chi connectivity index (χ4n) is 3.18. The summed E-state index contributed by atoms with van der Waals surface area (Å²) in [6.07, 6.45) is 1.76. The predicted molar refractivity (Wildman–Crippen MR) is 77.3 cm³/mol. The van der Waals surface area contributed by atoms with Crippen LogP contribution in [0.2, 0.25) is 0 Å². The maximum Gasteiger partial charge on any atom is 0.251 e. The molecule has 1 spiro atoms. The number of carbonyl (C=O) groups is 1. The van der Waals surface area contributed by atoms with Crippen molar-refractivity contribution in [2.24, 2.45) is 0 Å². The summed E-state index contributed by atoms with van der Waals surface area (Å²) >= 11 is 0. The normalized spacial score (nSPS) is 21.7. The SMILES string of the molecule is Cc1ccc(C)c(CN2C(=O)COC23CCNCC3)c1. The van der Waals surface area contributed by atoms with Crippen LogP contribution in [0.4, 0.5) is 0 Å². The van der Waals surface area contributed by atoms with E-state index in [-0.39, 0.29) is 18.2 Å². The summed E-state index contributed by atoms with van der Waals surface area (Å²) in [4.78, 5) is 14.2. The average Bonchev–Trinajstić information content (AvgIpc) is 2.73. The van der Waals surface area contributed by atoms with Crippen molar-refractivity contribution in [3.8, 4) is 0 Å². The van der Waals surface area contributed by atoms with Crippen molar-refractivity contribution in [1.29, 1.82) is 0 Å². The number of benzene rings is 1. The van der Waals surface area contributed by atoms with Gasteiger partial charge >= 0.3 is 0 Å². The van der Waals surface area contributed by atoms with Gasteiger partial charge in [0.15, 0.2) is 0 Å². The lowest BCUT2D eigenvalue weighted by atomic mass is 9.98. The number of amides is 1. The van der Waals surface area contributed by atoms with Gasteiger partial charge in [-0.05, 0) is 38.1 Å². The Balaban J connectivity index is 1.87.